The Morgan fingerprint density at radius 3 is 2.62 bits per heavy atom. The first-order valence-corrected chi connectivity index (χ1v) is 8.73. The fourth-order valence-corrected chi connectivity index (χ4v) is 2.87. The number of halogens is 1. The lowest BCUT2D eigenvalue weighted by Crippen LogP contribution is -2.29. The van der Waals surface area contributed by atoms with Crippen molar-refractivity contribution in [2.45, 2.75) is 25.7 Å². The summed E-state index contributed by atoms with van der Waals surface area (Å²) in [5.41, 5.74) is 2.53. The number of nitrogens with one attached hydrogen (secondary N) is 2. The minimum Gasteiger partial charge on any atom is -0.362 e. The maximum Gasteiger partial charge on any atom is 0.170 e. The Labute approximate surface area is 153 Å². The summed E-state index contributed by atoms with van der Waals surface area (Å²) in [5, 5.41) is 16.9. The van der Waals surface area contributed by atoms with Gasteiger partial charge in [-0.05, 0) is 41.9 Å². The SMILES string of the molecule is CCCCNC(=S)Nc1ccc([C@H](C#N)c2ccccc2)c(Cl)c1. The molecule has 24 heavy (non-hydrogen) atoms. The Morgan fingerprint density at radius 1 is 1.25 bits per heavy atom. The number of hydrogen-bond donors (Lipinski definition) is 2. The predicted octanol–water partition coefficient (Wildman–Crippen LogP) is 5.08. The van der Waals surface area contributed by atoms with E-state index in [0.29, 0.717) is 10.1 Å². The normalized spacial score (nSPS) is 11.4. The summed E-state index contributed by atoms with van der Waals surface area (Å²) in [6.45, 7) is 2.98. The number of nitrogens with zero attached hydrogens (tertiary/aromatic N) is 1. The van der Waals surface area contributed by atoms with E-state index in [9.17, 15) is 5.26 Å². The van der Waals surface area contributed by atoms with E-state index < -0.39 is 0 Å². The Hall–Kier alpha value is -2.09. The number of anilines is 1. The maximum absolute atomic E-state index is 9.54. The van der Waals surface area contributed by atoms with Gasteiger partial charge in [0.15, 0.2) is 5.11 Å². The van der Waals surface area contributed by atoms with Crippen LogP contribution in [0.25, 0.3) is 0 Å². The number of benzene rings is 2. The van der Waals surface area contributed by atoms with E-state index in [1.54, 1.807) is 6.07 Å². The van der Waals surface area contributed by atoms with E-state index in [1.165, 1.54) is 0 Å². The summed E-state index contributed by atoms with van der Waals surface area (Å²) in [7, 11) is 0. The first kappa shape index (κ1) is 18.3. The molecule has 0 spiro atoms. The number of thiocarbonyl (C=S) groups is 1. The average Bonchev–Trinajstić information content (AvgIpc) is 2.58. The first-order chi connectivity index (χ1) is 11.7. The summed E-state index contributed by atoms with van der Waals surface area (Å²) >= 11 is 11.7. The predicted molar refractivity (Wildman–Crippen MR) is 104 cm³/mol. The molecule has 0 fully saturated rings. The molecule has 0 radical (unpaired) electrons. The molecule has 0 bridgehead atoms. The van der Waals surface area contributed by atoms with Gasteiger partial charge in [-0.1, -0.05) is 61.3 Å². The topological polar surface area (TPSA) is 47.8 Å². The molecular formula is C19H20ClN3S. The lowest BCUT2D eigenvalue weighted by molar-refractivity contribution is 0.758. The maximum atomic E-state index is 9.54. The Bertz CT molecular complexity index is 725. The first-order valence-electron chi connectivity index (χ1n) is 7.94. The van der Waals surface area contributed by atoms with Crippen molar-refractivity contribution < 1.29 is 0 Å². The van der Waals surface area contributed by atoms with Crippen molar-refractivity contribution in [1.29, 1.82) is 5.26 Å². The van der Waals surface area contributed by atoms with Crippen LogP contribution in [-0.4, -0.2) is 11.7 Å². The van der Waals surface area contributed by atoms with Crippen molar-refractivity contribution in [3.8, 4) is 6.07 Å². The second-order valence-electron chi connectivity index (χ2n) is 5.44. The summed E-state index contributed by atoms with van der Waals surface area (Å²) < 4.78 is 0. The standard InChI is InChI=1S/C19H20ClN3S/c1-2-3-11-22-19(24)23-15-9-10-16(18(20)12-15)17(13-21)14-7-5-4-6-8-14/h4-10,12,17H,2-3,11H2,1H3,(H2,22,23,24)/t17-/m1/s1. The van der Waals surface area contributed by atoms with Gasteiger partial charge in [0.05, 0.1) is 12.0 Å². The van der Waals surface area contributed by atoms with Crippen molar-refractivity contribution >= 4 is 34.6 Å². The molecule has 0 heterocycles. The third-order valence-corrected chi connectivity index (χ3v) is 4.22. The highest BCUT2D eigenvalue weighted by atomic mass is 35.5. The van der Waals surface area contributed by atoms with Crippen LogP contribution in [0.4, 0.5) is 5.69 Å². The molecule has 1 atom stereocenters. The van der Waals surface area contributed by atoms with E-state index in [2.05, 4.69) is 23.6 Å². The van der Waals surface area contributed by atoms with Crippen LogP contribution in [0, 0.1) is 11.3 Å². The molecule has 2 N–H and O–H groups in total. The molecule has 3 nitrogen and oxygen atoms in total. The van der Waals surface area contributed by atoms with Gasteiger partial charge in [0.1, 0.15) is 0 Å². The van der Waals surface area contributed by atoms with E-state index in [4.69, 9.17) is 23.8 Å². The molecule has 0 unspecified atom stereocenters. The van der Waals surface area contributed by atoms with Gasteiger partial charge in [0, 0.05) is 17.3 Å². The highest BCUT2D eigenvalue weighted by Gasteiger charge is 2.16. The zero-order chi connectivity index (χ0) is 17.4. The number of unbranched alkanes of at least 4 members (excludes halogenated alkanes) is 1. The van der Waals surface area contributed by atoms with Crippen molar-refractivity contribution in [2.24, 2.45) is 0 Å². The minimum atomic E-state index is -0.387. The van der Waals surface area contributed by atoms with Crippen LogP contribution < -0.4 is 10.6 Å². The largest absolute Gasteiger partial charge is 0.362 e. The molecule has 5 heteroatoms. The molecule has 124 valence electrons. The molecule has 0 saturated carbocycles. The van der Waals surface area contributed by atoms with Crippen LogP contribution in [0.3, 0.4) is 0 Å². The molecular weight excluding hydrogens is 338 g/mol. The molecule has 0 aromatic heterocycles. The van der Waals surface area contributed by atoms with Gasteiger partial charge in [-0.3, -0.25) is 0 Å². The van der Waals surface area contributed by atoms with Gasteiger partial charge in [-0.2, -0.15) is 5.26 Å². The second kappa shape index (κ2) is 9.27. The summed E-state index contributed by atoms with van der Waals surface area (Å²) in [4.78, 5) is 0. The second-order valence-corrected chi connectivity index (χ2v) is 6.26. The van der Waals surface area contributed by atoms with Gasteiger partial charge in [-0.25, -0.2) is 0 Å². The molecule has 0 amide bonds. The van der Waals surface area contributed by atoms with Crippen molar-refractivity contribution in [1.82, 2.24) is 5.32 Å². The summed E-state index contributed by atoms with van der Waals surface area (Å²) in [6, 6.07) is 17.5. The van der Waals surface area contributed by atoms with E-state index in [0.717, 1.165) is 36.2 Å². The molecule has 0 aliphatic carbocycles. The smallest absolute Gasteiger partial charge is 0.170 e. The molecule has 0 aliphatic rings. The van der Waals surface area contributed by atoms with Crippen LogP contribution in [0.1, 0.15) is 36.8 Å². The Balaban J connectivity index is 2.12. The van der Waals surface area contributed by atoms with Crippen LogP contribution >= 0.6 is 23.8 Å². The molecule has 2 aromatic carbocycles. The lowest BCUT2D eigenvalue weighted by atomic mass is 9.92. The third-order valence-electron chi connectivity index (χ3n) is 3.65. The molecule has 2 aromatic rings. The zero-order valence-electron chi connectivity index (χ0n) is 13.6. The highest BCUT2D eigenvalue weighted by molar-refractivity contribution is 7.80. The van der Waals surface area contributed by atoms with Gasteiger partial charge in [-0.15, -0.1) is 0 Å². The van der Waals surface area contributed by atoms with Gasteiger partial charge in [0.25, 0.3) is 0 Å². The Morgan fingerprint density at radius 2 is 2.00 bits per heavy atom. The number of hydrogen-bond acceptors (Lipinski definition) is 2. The third kappa shape index (κ3) is 4.95. The van der Waals surface area contributed by atoms with Gasteiger partial charge >= 0.3 is 0 Å². The van der Waals surface area contributed by atoms with Gasteiger partial charge < -0.3 is 10.6 Å². The van der Waals surface area contributed by atoms with Crippen molar-refractivity contribution in [3.05, 3.63) is 64.7 Å². The van der Waals surface area contributed by atoms with Crippen LogP contribution in [0.2, 0.25) is 5.02 Å². The fraction of sp³-hybridized carbons (Fsp3) is 0.263. The number of nitriles is 1. The van der Waals surface area contributed by atoms with E-state index in [-0.39, 0.29) is 5.92 Å². The van der Waals surface area contributed by atoms with Crippen molar-refractivity contribution in [3.63, 3.8) is 0 Å². The lowest BCUT2D eigenvalue weighted by Gasteiger charge is -2.14. The average molecular weight is 358 g/mol. The highest BCUT2D eigenvalue weighted by Crippen LogP contribution is 2.31. The van der Waals surface area contributed by atoms with Gasteiger partial charge in [0.2, 0.25) is 0 Å². The van der Waals surface area contributed by atoms with Crippen molar-refractivity contribution in [2.75, 3.05) is 11.9 Å². The van der Waals surface area contributed by atoms with Crippen LogP contribution in [0.15, 0.2) is 48.5 Å². The quantitative estimate of drug-likeness (QED) is 0.559. The number of rotatable bonds is 6. The van der Waals surface area contributed by atoms with E-state index >= 15 is 0 Å². The Kier molecular flexibility index (Phi) is 7.05. The monoisotopic (exact) mass is 357 g/mol. The fourth-order valence-electron chi connectivity index (χ4n) is 2.36. The van der Waals surface area contributed by atoms with Crippen LogP contribution in [-0.2, 0) is 0 Å². The minimum absolute atomic E-state index is 0.387. The molecule has 2 rings (SSSR count). The summed E-state index contributed by atoms with van der Waals surface area (Å²) in [5.74, 6) is -0.387. The molecule has 0 saturated heterocycles. The summed E-state index contributed by atoms with van der Waals surface area (Å²) in [6.07, 6.45) is 2.19. The molecule has 0 aliphatic heterocycles. The van der Waals surface area contributed by atoms with E-state index in [1.807, 2.05) is 42.5 Å². The van der Waals surface area contributed by atoms with Crippen LogP contribution in [0.5, 0.6) is 0 Å². The zero-order valence-corrected chi connectivity index (χ0v) is 15.1.